The first-order valence-electron chi connectivity index (χ1n) is 11.6. The number of piperidine rings is 1. The molecule has 178 valence electrons. The van der Waals surface area contributed by atoms with E-state index in [4.69, 9.17) is 14.2 Å². The molecule has 0 atom stereocenters. The van der Waals surface area contributed by atoms with E-state index in [2.05, 4.69) is 23.5 Å². The van der Waals surface area contributed by atoms with Crippen LogP contribution in [0.5, 0.6) is 17.2 Å². The lowest BCUT2D eigenvalue weighted by molar-refractivity contribution is -0.131. The summed E-state index contributed by atoms with van der Waals surface area (Å²) in [5.41, 5.74) is 2.71. The van der Waals surface area contributed by atoms with E-state index >= 15 is 0 Å². The summed E-state index contributed by atoms with van der Waals surface area (Å²) in [6.07, 6.45) is 1.62. The van der Waals surface area contributed by atoms with Gasteiger partial charge in [0.2, 0.25) is 5.91 Å². The van der Waals surface area contributed by atoms with Crippen LogP contribution in [0, 0.1) is 13.8 Å². The van der Waals surface area contributed by atoms with Crippen molar-refractivity contribution in [3.8, 4) is 17.2 Å². The molecular weight excluding hydrogens is 420 g/mol. The average molecular weight is 455 g/mol. The number of carbonyl (C=O) groups is 2. The maximum atomic E-state index is 12.6. The van der Waals surface area contributed by atoms with Gasteiger partial charge >= 0.3 is 0 Å². The van der Waals surface area contributed by atoms with Gasteiger partial charge in [-0.25, -0.2) is 0 Å². The fourth-order valence-electron chi connectivity index (χ4n) is 3.80. The lowest BCUT2D eigenvalue weighted by Gasteiger charge is -2.32. The molecule has 33 heavy (non-hydrogen) atoms. The fraction of sp³-hybridized carbons (Fsp3) is 0.462. The zero-order valence-corrected chi connectivity index (χ0v) is 20.0. The van der Waals surface area contributed by atoms with Crippen molar-refractivity contribution in [2.24, 2.45) is 0 Å². The SMILES string of the molecule is CCOc1ccc(C(=O)NCC(=O)N2CCC(Oc3cc(C)ccc3C)CC2)cc1OCC. The summed E-state index contributed by atoms with van der Waals surface area (Å²) in [7, 11) is 0. The van der Waals surface area contributed by atoms with Gasteiger partial charge in [0.05, 0.1) is 19.8 Å². The summed E-state index contributed by atoms with van der Waals surface area (Å²) in [5, 5.41) is 2.72. The third-order valence-electron chi connectivity index (χ3n) is 5.64. The van der Waals surface area contributed by atoms with Crippen LogP contribution in [0.1, 0.15) is 48.2 Å². The molecule has 3 rings (SSSR count). The highest BCUT2D eigenvalue weighted by atomic mass is 16.5. The molecule has 1 fully saturated rings. The molecule has 0 saturated carbocycles. The van der Waals surface area contributed by atoms with Gasteiger partial charge in [0.15, 0.2) is 11.5 Å². The van der Waals surface area contributed by atoms with Crippen molar-refractivity contribution < 1.29 is 23.8 Å². The average Bonchev–Trinajstić information content (AvgIpc) is 2.81. The molecule has 1 N–H and O–H groups in total. The second-order valence-corrected chi connectivity index (χ2v) is 8.18. The molecule has 1 aliphatic rings. The lowest BCUT2D eigenvalue weighted by atomic mass is 10.1. The molecular formula is C26H34N2O5. The van der Waals surface area contributed by atoms with Crippen LogP contribution in [0.4, 0.5) is 0 Å². The number of nitrogens with zero attached hydrogens (tertiary/aromatic N) is 1. The number of benzene rings is 2. The molecule has 0 spiro atoms. The normalized spacial score (nSPS) is 14.0. The monoisotopic (exact) mass is 454 g/mol. The Labute approximate surface area is 196 Å². The molecule has 2 aromatic carbocycles. The van der Waals surface area contributed by atoms with Crippen LogP contribution >= 0.6 is 0 Å². The first-order valence-corrected chi connectivity index (χ1v) is 11.6. The summed E-state index contributed by atoms with van der Waals surface area (Å²) in [6.45, 7) is 10.0. The highest BCUT2D eigenvalue weighted by molar-refractivity contribution is 5.97. The highest BCUT2D eigenvalue weighted by Crippen LogP contribution is 2.28. The van der Waals surface area contributed by atoms with Crippen LogP contribution in [0.15, 0.2) is 36.4 Å². The van der Waals surface area contributed by atoms with Crippen molar-refractivity contribution in [2.45, 2.75) is 46.6 Å². The molecule has 2 amide bonds. The maximum absolute atomic E-state index is 12.6. The van der Waals surface area contributed by atoms with Crippen molar-refractivity contribution in [1.82, 2.24) is 10.2 Å². The summed E-state index contributed by atoms with van der Waals surface area (Å²) < 4.78 is 17.3. The van der Waals surface area contributed by atoms with Crippen LogP contribution in [-0.2, 0) is 4.79 Å². The van der Waals surface area contributed by atoms with E-state index in [-0.39, 0.29) is 24.5 Å². The van der Waals surface area contributed by atoms with Crippen molar-refractivity contribution >= 4 is 11.8 Å². The van der Waals surface area contributed by atoms with E-state index < -0.39 is 0 Å². The number of nitrogens with one attached hydrogen (secondary N) is 1. The number of aryl methyl sites for hydroxylation is 2. The Bertz CT molecular complexity index is 967. The van der Waals surface area contributed by atoms with Gasteiger partial charge in [0, 0.05) is 31.5 Å². The quantitative estimate of drug-likeness (QED) is 0.622. The predicted octanol–water partition coefficient (Wildman–Crippen LogP) is 3.90. The molecule has 1 aliphatic heterocycles. The van der Waals surface area contributed by atoms with Gasteiger partial charge < -0.3 is 24.4 Å². The molecule has 0 radical (unpaired) electrons. The Morgan fingerprint density at radius 3 is 2.33 bits per heavy atom. The zero-order chi connectivity index (χ0) is 23.8. The van der Waals surface area contributed by atoms with Gasteiger partial charge in [-0.2, -0.15) is 0 Å². The van der Waals surface area contributed by atoms with Crippen molar-refractivity contribution in [3.63, 3.8) is 0 Å². The van der Waals surface area contributed by atoms with Crippen molar-refractivity contribution in [3.05, 3.63) is 53.1 Å². The van der Waals surface area contributed by atoms with Crippen LogP contribution in [-0.4, -0.2) is 55.7 Å². The van der Waals surface area contributed by atoms with Gasteiger partial charge in [0.1, 0.15) is 11.9 Å². The van der Waals surface area contributed by atoms with Gasteiger partial charge in [-0.05, 0) is 63.1 Å². The lowest BCUT2D eigenvalue weighted by Crippen LogP contribution is -2.46. The first kappa shape index (κ1) is 24.4. The van der Waals surface area contributed by atoms with Gasteiger partial charge in [0.25, 0.3) is 5.91 Å². The molecule has 7 heteroatoms. The topological polar surface area (TPSA) is 77.1 Å². The number of hydrogen-bond acceptors (Lipinski definition) is 5. The molecule has 0 bridgehead atoms. The molecule has 2 aromatic rings. The summed E-state index contributed by atoms with van der Waals surface area (Å²) in [6, 6.07) is 11.2. The summed E-state index contributed by atoms with van der Waals surface area (Å²) in [5.74, 6) is 1.61. The Morgan fingerprint density at radius 1 is 0.939 bits per heavy atom. The number of ether oxygens (including phenoxy) is 3. The standard InChI is InChI=1S/C26H34N2O5/c1-5-31-22-10-9-20(16-24(22)32-6-2)26(30)27-17-25(29)28-13-11-21(12-14-28)33-23-15-18(3)7-8-19(23)4/h7-10,15-16,21H,5-6,11-14,17H2,1-4H3,(H,27,30). The van der Waals surface area contributed by atoms with Gasteiger partial charge in [-0.3, -0.25) is 9.59 Å². The second kappa shape index (κ2) is 11.6. The van der Waals surface area contributed by atoms with Gasteiger partial charge in [-0.15, -0.1) is 0 Å². The molecule has 7 nitrogen and oxygen atoms in total. The number of carbonyl (C=O) groups excluding carboxylic acids is 2. The minimum absolute atomic E-state index is 0.0431. The van der Waals surface area contributed by atoms with E-state index in [0.717, 1.165) is 24.2 Å². The second-order valence-electron chi connectivity index (χ2n) is 8.18. The van der Waals surface area contributed by atoms with Crippen LogP contribution in [0.2, 0.25) is 0 Å². The smallest absolute Gasteiger partial charge is 0.251 e. The maximum Gasteiger partial charge on any atom is 0.251 e. The van der Waals surface area contributed by atoms with Gasteiger partial charge in [-0.1, -0.05) is 12.1 Å². The van der Waals surface area contributed by atoms with E-state index in [1.807, 2.05) is 27.7 Å². The van der Waals surface area contributed by atoms with E-state index in [0.29, 0.717) is 43.4 Å². The van der Waals surface area contributed by atoms with Crippen LogP contribution in [0.3, 0.4) is 0 Å². The number of amides is 2. The summed E-state index contributed by atoms with van der Waals surface area (Å²) >= 11 is 0. The minimum Gasteiger partial charge on any atom is -0.490 e. The van der Waals surface area contributed by atoms with Crippen LogP contribution in [0.25, 0.3) is 0 Å². The molecule has 1 heterocycles. The van der Waals surface area contributed by atoms with Crippen molar-refractivity contribution in [1.29, 1.82) is 0 Å². The van der Waals surface area contributed by atoms with E-state index in [1.165, 1.54) is 5.56 Å². The Morgan fingerprint density at radius 2 is 1.64 bits per heavy atom. The predicted molar refractivity (Wildman–Crippen MR) is 127 cm³/mol. The van der Waals surface area contributed by atoms with E-state index in [9.17, 15) is 9.59 Å². The Kier molecular flexibility index (Phi) is 8.58. The number of likely N-dealkylation sites (tertiary alicyclic amines) is 1. The van der Waals surface area contributed by atoms with E-state index in [1.54, 1.807) is 23.1 Å². The molecule has 1 saturated heterocycles. The number of hydrogen-bond donors (Lipinski definition) is 1. The zero-order valence-electron chi connectivity index (χ0n) is 20.0. The highest BCUT2D eigenvalue weighted by Gasteiger charge is 2.24. The Balaban J connectivity index is 1.49. The fourth-order valence-corrected chi connectivity index (χ4v) is 3.80. The minimum atomic E-state index is -0.319. The molecule has 0 aromatic heterocycles. The van der Waals surface area contributed by atoms with Crippen LogP contribution < -0.4 is 19.5 Å². The third kappa shape index (κ3) is 6.63. The molecule has 0 aliphatic carbocycles. The molecule has 0 unspecified atom stereocenters. The van der Waals surface area contributed by atoms with Crippen molar-refractivity contribution in [2.75, 3.05) is 32.8 Å². The third-order valence-corrected chi connectivity index (χ3v) is 5.64. The number of rotatable bonds is 9. The first-order chi connectivity index (χ1) is 15.9. The summed E-state index contributed by atoms with van der Waals surface area (Å²) in [4.78, 5) is 27.0. The largest absolute Gasteiger partial charge is 0.490 e. The Hall–Kier alpha value is -3.22.